The number of anilines is 1. The fraction of sp³-hybridized carbons (Fsp3) is 0.333. The Morgan fingerprint density at radius 3 is 2.35 bits per heavy atom. The van der Waals surface area contributed by atoms with E-state index in [2.05, 4.69) is 5.32 Å². The van der Waals surface area contributed by atoms with Gasteiger partial charge in [-0.25, -0.2) is 0 Å². The number of carbonyl (C=O) groups excluding carboxylic acids is 2. The van der Waals surface area contributed by atoms with E-state index in [9.17, 15) is 9.59 Å². The molecule has 2 amide bonds. The first-order valence-electron chi connectivity index (χ1n) is 8.29. The summed E-state index contributed by atoms with van der Waals surface area (Å²) in [5.41, 5.74) is 1.07. The zero-order chi connectivity index (χ0) is 18.8. The second-order valence-electron chi connectivity index (χ2n) is 6.22. The summed E-state index contributed by atoms with van der Waals surface area (Å²) < 4.78 is 1.48. The van der Waals surface area contributed by atoms with Crippen LogP contribution < -0.4 is 5.32 Å². The highest BCUT2D eigenvalue weighted by molar-refractivity contribution is 6.42. The zero-order valence-electron chi connectivity index (χ0n) is 14.2. The van der Waals surface area contributed by atoms with E-state index >= 15 is 0 Å². The molecule has 0 aliphatic carbocycles. The van der Waals surface area contributed by atoms with Crippen molar-refractivity contribution in [2.75, 3.05) is 18.4 Å². The molecule has 3 rings (SSSR count). The molecule has 2 heterocycles. The smallest absolute Gasteiger partial charge is 0.272 e. The van der Waals surface area contributed by atoms with E-state index in [1.807, 2.05) is 0 Å². The van der Waals surface area contributed by atoms with Gasteiger partial charge in [-0.3, -0.25) is 9.59 Å². The predicted octanol–water partition coefficient (Wildman–Crippen LogP) is 4.86. The Morgan fingerprint density at radius 2 is 1.73 bits per heavy atom. The number of piperidine rings is 1. The van der Waals surface area contributed by atoms with Crippen molar-refractivity contribution in [1.82, 2.24) is 9.47 Å². The molecular formula is C18H18Cl3N3O2. The number of carbonyl (C=O) groups is 2. The quantitative estimate of drug-likeness (QED) is 0.779. The van der Waals surface area contributed by atoms with Crippen molar-refractivity contribution in [3.05, 3.63) is 50.7 Å². The number of benzene rings is 1. The van der Waals surface area contributed by atoms with Crippen LogP contribution in [0, 0.1) is 0 Å². The lowest BCUT2D eigenvalue weighted by Crippen LogP contribution is -2.36. The van der Waals surface area contributed by atoms with Gasteiger partial charge in [0.15, 0.2) is 0 Å². The van der Waals surface area contributed by atoms with Crippen molar-refractivity contribution in [1.29, 1.82) is 0 Å². The van der Waals surface area contributed by atoms with Gasteiger partial charge in [-0.05, 0) is 43.5 Å². The number of halogens is 3. The minimum atomic E-state index is -0.420. The number of nitrogens with zero attached hydrogens (tertiary/aromatic N) is 2. The second-order valence-corrected chi connectivity index (χ2v) is 7.43. The minimum Gasteiger partial charge on any atom is -0.339 e. The molecule has 0 radical (unpaired) electrons. The Morgan fingerprint density at radius 1 is 1.04 bits per heavy atom. The summed E-state index contributed by atoms with van der Waals surface area (Å²) in [6.07, 6.45) is 3.10. The number of aromatic nitrogens is 1. The van der Waals surface area contributed by atoms with Gasteiger partial charge in [0.25, 0.3) is 11.8 Å². The molecule has 0 spiro atoms. The van der Waals surface area contributed by atoms with Crippen LogP contribution in [-0.4, -0.2) is 34.4 Å². The topological polar surface area (TPSA) is 54.3 Å². The third-order valence-corrected chi connectivity index (χ3v) is 5.53. The molecule has 5 nitrogen and oxygen atoms in total. The van der Waals surface area contributed by atoms with Gasteiger partial charge in [-0.2, -0.15) is 0 Å². The van der Waals surface area contributed by atoms with Crippen molar-refractivity contribution >= 4 is 52.3 Å². The first-order valence-corrected chi connectivity index (χ1v) is 9.42. The monoisotopic (exact) mass is 413 g/mol. The summed E-state index contributed by atoms with van der Waals surface area (Å²) in [5.74, 6) is -0.532. The normalized spacial score (nSPS) is 14.4. The molecule has 138 valence electrons. The summed E-state index contributed by atoms with van der Waals surface area (Å²) in [6, 6.07) is 6.34. The van der Waals surface area contributed by atoms with Gasteiger partial charge in [-0.15, -0.1) is 0 Å². The summed E-state index contributed by atoms with van der Waals surface area (Å²) in [7, 11) is 1.64. The molecule has 0 bridgehead atoms. The van der Waals surface area contributed by atoms with E-state index in [1.54, 1.807) is 30.1 Å². The lowest BCUT2D eigenvalue weighted by Gasteiger charge is -2.27. The largest absolute Gasteiger partial charge is 0.339 e. The molecular weight excluding hydrogens is 397 g/mol. The molecule has 26 heavy (non-hydrogen) atoms. The number of hydrogen-bond acceptors (Lipinski definition) is 2. The van der Waals surface area contributed by atoms with Crippen LogP contribution in [0.4, 0.5) is 5.69 Å². The first kappa shape index (κ1) is 19.1. The third kappa shape index (κ3) is 3.85. The zero-order valence-corrected chi connectivity index (χ0v) is 16.5. The number of likely N-dealkylation sites (tertiary alicyclic amines) is 1. The second kappa shape index (κ2) is 7.91. The van der Waals surface area contributed by atoms with Crippen LogP contribution in [0.1, 0.15) is 40.1 Å². The van der Waals surface area contributed by atoms with Gasteiger partial charge in [0.2, 0.25) is 0 Å². The van der Waals surface area contributed by atoms with E-state index in [1.165, 1.54) is 10.6 Å². The molecule has 1 aliphatic heterocycles. The maximum absolute atomic E-state index is 12.9. The molecule has 1 aromatic carbocycles. The van der Waals surface area contributed by atoms with Gasteiger partial charge < -0.3 is 14.8 Å². The lowest BCUT2D eigenvalue weighted by atomic mass is 10.1. The highest BCUT2D eigenvalue weighted by Gasteiger charge is 2.23. The van der Waals surface area contributed by atoms with Crippen LogP contribution in [0.15, 0.2) is 24.3 Å². The van der Waals surface area contributed by atoms with Crippen LogP contribution in [-0.2, 0) is 7.05 Å². The molecule has 1 N–H and O–H groups in total. The van der Waals surface area contributed by atoms with Gasteiger partial charge in [-0.1, -0.05) is 34.8 Å². The Hall–Kier alpha value is -1.69. The third-order valence-electron chi connectivity index (χ3n) is 4.45. The van der Waals surface area contributed by atoms with Crippen molar-refractivity contribution in [2.24, 2.45) is 7.05 Å². The van der Waals surface area contributed by atoms with Crippen LogP contribution in [0.3, 0.4) is 0 Å². The Kier molecular flexibility index (Phi) is 5.80. The maximum Gasteiger partial charge on any atom is 0.272 e. The molecule has 0 unspecified atom stereocenters. The highest BCUT2D eigenvalue weighted by atomic mass is 35.5. The van der Waals surface area contributed by atoms with Crippen molar-refractivity contribution in [3.63, 3.8) is 0 Å². The molecule has 0 saturated carbocycles. The fourth-order valence-electron chi connectivity index (χ4n) is 3.02. The standard InChI is InChI=1S/C18H18Cl3N3O2/c1-23-15(10-13(20)16(23)21)17(25)22-14-9-11(19)5-6-12(14)18(26)24-7-3-2-4-8-24/h5-6,9-10H,2-4,7-8H2,1H3,(H,22,25). The number of amides is 2. The predicted molar refractivity (Wildman–Crippen MR) is 105 cm³/mol. The van der Waals surface area contributed by atoms with E-state index in [-0.39, 0.29) is 21.8 Å². The molecule has 1 aromatic heterocycles. The lowest BCUT2D eigenvalue weighted by molar-refractivity contribution is 0.0725. The number of rotatable bonds is 3. The Labute approximate surface area is 166 Å². The minimum absolute atomic E-state index is 0.111. The molecule has 8 heteroatoms. The van der Waals surface area contributed by atoms with Crippen molar-refractivity contribution in [2.45, 2.75) is 19.3 Å². The van der Waals surface area contributed by atoms with Gasteiger partial charge in [0, 0.05) is 25.2 Å². The molecule has 1 aliphatic rings. The molecule has 0 atom stereocenters. The molecule has 1 fully saturated rings. The number of nitrogens with one attached hydrogen (secondary N) is 1. The van der Waals surface area contributed by atoms with Crippen LogP contribution >= 0.6 is 34.8 Å². The average molecular weight is 415 g/mol. The fourth-order valence-corrected chi connectivity index (χ4v) is 3.57. The van der Waals surface area contributed by atoms with Crippen LogP contribution in [0.25, 0.3) is 0 Å². The summed E-state index contributed by atoms with van der Waals surface area (Å²) >= 11 is 18.1. The highest BCUT2D eigenvalue weighted by Crippen LogP contribution is 2.28. The van der Waals surface area contributed by atoms with Crippen molar-refractivity contribution in [3.8, 4) is 0 Å². The van der Waals surface area contributed by atoms with Crippen molar-refractivity contribution < 1.29 is 9.59 Å². The summed E-state index contributed by atoms with van der Waals surface area (Å²) in [5, 5.41) is 3.75. The SMILES string of the molecule is Cn1c(C(=O)Nc2cc(Cl)ccc2C(=O)N2CCCCC2)cc(Cl)c1Cl. The van der Waals surface area contributed by atoms with E-state index < -0.39 is 5.91 Å². The Balaban J connectivity index is 1.89. The average Bonchev–Trinajstić information content (AvgIpc) is 2.89. The van der Waals surface area contributed by atoms with Gasteiger partial charge in [0.1, 0.15) is 10.8 Å². The first-order chi connectivity index (χ1) is 12.4. The summed E-state index contributed by atoms with van der Waals surface area (Å²) in [6.45, 7) is 1.44. The van der Waals surface area contributed by atoms with Crippen LogP contribution in [0.2, 0.25) is 15.2 Å². The van der Waals surface area contributed by atoms with E-state index in [4.69, 9.17) is 34.8 Å². The van der Waals surface area contributed by atoms with E-state index in [0.717, 1.165) is 32.4 Å². The molecule has 1 saturated heterocycles. The molecule has 2 aromatic rings. The van der Waals surface area contributed by atoms with Gasteiger partial charge in [0.05, 0.1) is 16.3 Å². The van der Waals surface area contributed by atoms with Gasteiger partial charge >= 0.3 is 0 Å². The number of hydrogen-bond donors (Lipinski definition) is 1. The Bertz CT molecular complexity index is 858. The van der Waals surface area contributed by atoms with Crippen LogP contribution in [0.5, 0.6) is 0 Å². The van der Waals surface area contributed by atoms with E-state index in [0.29, 0.717) is 16.3 Å². The summed E-state index contributed by atoms with van der Waals surface area (Å²) in [4.78, 5) is 27.3. The maximum atomic E-state index is 12.9.